The second-order valence-corrected chi connectivity index (χ2v) is 5.12. The number of oxime groups is 1. The number of amidine groups is 1. The van der Waals surface area contributed by atoms with Crippen molar-refractivity contribution >= 4 is 17.6 Å². The van der Waals surface area contributed by atoms with Crippen molar-refractivity contribution in [2.24, 2.45) is 22.7 Å². The Morgan fingerprint density at radius 2 is 1.92 bits per heavy atom. The molecule has 0 fully saturated rings. The van der Waals surface area contributed by atoms with Crippen molar-refractivity contribution in [1.82, 2.24) is 0 Å². The summed E-state index contributed by atoms with van der Waals surface area (Å²) >= 11 is 1.86. The normalized spacial score (nSPS) is 17.5. The summed E-state index contributed by atoms with van der Waals surface area (Å²) in [6.45, 7) is 8.57. The molecule has 0 amide bonds. The zero-order chi connectivity index (χ0) is 10.4. The molecule has 0 aromatic rings. The molecule has 3 N–H and O–H groups in total. The second-order valence-electron chi connectivity index (χ2n) is 3.71. The highest BCUT2D eigenvalue weighted by atomic mass is 32.2. The first-order valence-corrected chi connectivity index (χ1v) is 5.63. The van der Waals surface area contributed by atoms with Gasteiger partial charge in [0, 0.05) is 16.9 Å². The van der Waals surface area contributed by atoms with Crippen molar-refractivity contribution in [3.05, 3.63) is 0 Å². The summed E-state index contributed by atoms with van der Waals surface area (Å²) in [5.41, 5.74) is 5.47. The highest BCUT2D eigenvalue weighted by molar-refractivity contribution is 7.99. The fourth-order valence-electron chi connectivity index (χ4n) is 0.673. The Labute approximate surface area is 84.8 Å². The average Bonchev–Trinajstić information content (AvgIpc) is 2.11. The maximum absolute atomic E-state index is 8.43. The van der Waals surface area contributed by atoms with Gasteiger partial charge in [-0.05, 0) is 5.92 Å². The lowest BCUT2D eigenvalue weighted by Crippen LogP contribution is -2.24. The first-order valence-electron chi connectivity index (χ1n) is 4.58. The Hall–Kier alpha value is -0.380. The van der Waals surface area contributed by atoms with Gasteiger partial charge in [0.25, 0.3) is 0 Å². The molecule has 0 aromatic heterocycles. The minimum atomic E-state index is 0.149. The third-order valence-electron chi connectivity index (χ3n) is 2.17. The largest absolute Gasteiger partial charge is 0.409 e. The molecule has 0 heterocycles. The average molecular weight is 204 g/mol. The van der Waals surface area contributed by atoms with Gasteiger partial charge in [0.1, 0.15) is 5.84 Å². The summed E-state index contributed by atoms with van der Waals surface area (Å²) < 4.78 is 0. The zero-order valence-corrected chi connectivity index (χ0v) is 9.64. The summed E-state index contributed by atoms with van der Waals surface area (Å²) in [4.78, 5) is 0. The van der Waals surface area contributed by atoms with Gasteiger partial charge < -0.3 is 10.9 Å². The van der Waals surface area contributed by atoms with Crippen LogP contribution in [0.1, 0.15) is 27.7 Å². The van der Waals surface area contributed by atoms with Crippen LogP contribution in [0.5, 0.6) is 0 Å². The van der Waals surface area contributed by atoms with Gasteiger partial charge >= 0.3 is 0 Å². The van der Waals surface area contributed by atoms with Crippen LogP contribution in [0.3, 0.4) is 0 Å². The summed E-state index contributed by atoms with van der Waals surface area (Å²) in [5, 5.41) is 12.0. The molecule has 0 aromatic carbocycles. The molecule has 3 nitrogen and oxygen atoms in total. The van der Waals surface area contributed by atoms with E-state index in [4.69, 9.17) is 10.9 Å². The smallest absolute Gasteiger partial charge is 0.142 e. The lowest BCUT2D eigenvalue weighted by molar-refractivity contribution is 0.315. The van der Waals surface area contributed by atoms with Crippen LogP contribution in [0.15, 0.2) is 5.16 Å². The number of hydrogen-bond acceptors (Lipinski definition) is 3. The lowest BCUT2D eigenvalue weighted by atomic mass is 10.2. The molecule has 0 aliphatic heterocycles. The van der Waals surface area contributed by atoms with Crippen LogP contribution in [0.25, 0.3) is 0 Å². The molecular weight excluding hydrogens is 184 g/mol. The minimum absolute atomic E-state index is 0.149. The highest BCUT2D eigenvalue weighted by Crippen LogP contribution is 2.21. The predicted molar refractivity (Wildman–Crippen MR) is 59.3 cm³/mol. The van der Waals surface area contributed by atoms with Gasteiger partial charge in [0.2, 0.25) is 0 Å². The molecule has 4 heteroatoms. The Morgan fingerprint density at radius 3 is 2.31 bits per heavy atom. The zero-order valence-electron chi connectivity index (χ0n) is 8.82. The summed E-state index contributed by atoms with van der Waals surface area (Å²) in [7, 11) is 0. The van der Waals surface area contributed by atoms with Crippen molar-refractivity contribution in [3.8, 4) is 0 Å². The molecule has 0 spiro atoms. The molecule has 0 radical (unpaired) electrons. The van der Waals surface area contributed by atoms with Crippen molar-refractivity contribution in [2.45, 2.75) is 32.9 Å². The fraction of sp³-hybridized carbons (Fsp3) is 0.889. The highest BCUT2D eigenvalue weighted by Gasteiger charge is 2.12. The van der Waals surface area contributed by atoms with Crippen molar-refractivity contribution in [3.63, 3.8) is 0 Å². The quantitative estimate of drug-likeness (QED) is 0.312. The third-order valence-corrected chi connectivity index (χ3v) is 3.93. The Balaban J connectivity index is 3.76. The van der Waals surface area contributed by atoms with Crippen LogP contribution < -0.4 is 5.73 Å². The molecule has 0 bridgehead atoms. The van der Waals surface area contributed by atoms with Crippen LogP contribution >= 0.6 is 11.8 Å². The number of rotatable bonds is 5. The van der Waals surface area contributed by atoms with E-state index in [1.165, 1.54) is 0 Å². The van der Waals surface area contributed by atoms with E-state index in [0.29, 0.717) is 17.0 Å². The van der Waals surface area contributed by atoms with Crippen LogP contribution in [-0.4, -0.2) is 22.0 Å². The van der Waals surface area contributed by atoms with Gasteiger partial charge in [-0.2, -0.15) is 11.8 Å². The minimum Gasteiger partial charge on any atom is -0.409 e. The summed E-state index contributed by atoms with van der Waals surface area (Å²) in [6, 6.07) is 0. The third kappa shape index (κ3) is 5.03. The van der Waals surface area contributed by atoms with Crippen molar-refractivity contribution in [1.29, 1.82) is 0 Å². The molecule has 0 aliphatic rings. The van der Waals surface area contributed by atoms with Gasteiger partial charge in [-0.15, -0.1) is 0 Å². The standard InChI is InChI=1S/C9H20N2OS/c1-6(2)8(4)13-5-7(3)9(10)11-12/h6-8,12H,5H2,1-4H3,(H2,10,11). The second kappa shape index (κ2) is 6.13. The van der Waals surface area contributed by atoms with E-state index in [9.17, 15) is 0 Å². The monoisotopic (exact) mass is 204 g/mol. The number of thioether (sulfide) groups is 1. The van der Waals surface area contributed by atoms with Crippen LogP contribution in [-0.2, 0) is 0 Å². The summed E-state index contributed by atoms with van der Waals surface area (Å²) in [5.74, 6) is 2.05. The van der Waals surface area contributed by atoms with Gasteiger partial charge in [-0.25, -0.2) is 0 Å². The van der Waals surface area contributed by atoms with E-state index in [1.807, 2.05) is 18.7 Å². The molecule has 13 heavy (non-hydrogen) atoms. The van der Waals surface area contributed by atoms with Gasteiger partial charge in [0.15, 0.2) is 0 Å². The van der Waals surface area contributed by atoms with E-state index >= 15 is 0 Å². The Bertz CT molecular complexity index is 171. The number of hydrogen-bond donors (Lipinski definition) is 2. The molecule has 2 atom stereocenters. The predicted octanol–water partition coefficient (Wildman–Crippen LogP) is 2.15. The van der Waals surface area contributed by atoms with E-state index in [-0.39, 0.29) is 5.92 Å². The van der Waals surface area contributed by atoms with Crippen molar-refractivity contribution < 1.29 is 5.21 Å². The first kappa shape index (κ1) is 12.6. The molecular formula is C9H20N2OS. The van der Waals surface area contributed by atoms with Gasteiger partial charge in [0.05, 0.1) is 0 Å². The van der Waals surface area contributed by atoms with Crippen LogP contribution in [0.2, 0.25) is 0 Å². The molecule has 0 saturated carbocycles. The molecule has 78 valence electrons. The molecule has 0 saturated heterocycles. The lowest BCUT2D eigenvalue weighted by Gasteiger charge is -2.17. The molecule has 2 unspecified atom stereocenters. The summed E-state index contributed by atoms with van der Waals surface area (Å²) in [6.07, 6.45) is 0. The van der Waals surface area contributed by atoms with E-state index in [1.54, 1.807) is 0 Å². The maximum Gasteiger partial charge on any atom is 0.142 e. The van der Waals surface area contributed by atoms with Gasteiger partial charge in [-0.1, -0.05) is 32.9 Å². The van der Waals surface area contributed by atoms with Crippen molar-refractivity contribution in [2.75, 3.05) is 5.75 Å². The Kier molecular flexibility index (Phi) is 5.95. The van der Waals surface area contributed by atoms with E-state index in [2.05, 4.69) is 25.9 Å². The maximum atomic E-state index is 8.43. The van der Waals surface area contributed by atoms with Crippen LogP contribution in [0, 0.1) is 11.8 Å². The first-order chi connectivity index (χ1) is 5.99. The van der Waals surface area contributed by atoms with Gasteiger partial charge in [-0.3, -0.25) is 0 Å². The number of nitrogens with two attached hydrogens (primary N) is 1. The molecule has 0 rings (SSSR count). The molecule has 0 aliphatic carbocycles. The Morgan fingerprint density at radius 1 is 1.38 bits per heavy atom. The topological polar surface area (TPSA) is 58.6 Å². The fourth-order valence-corrected chi connectivity index (χ4v) is 1.82. The van der Waals surface area contributed by atoms with E-state index < -0.39 is 0 Å². The SMILES string of the molecule is CC(CSC(C)C(C)C)C(N)=NO. The van der Waals surface area contributed by atoms with Crippen LogP contribution in [0.4, 0.5) is 0 Å². The number of nitrogens with zero attached hydrogens (tertiary/aromatic N) is 1. The van der Waals surface area contributed by atoms with E-state index in [0.717, 1.165) is 5.75 Å².